The van der Waals surface area contributed by atoms with Crippen LogP contribution in [0.4, 0.5) is 17.1 Å². The molecule has 0 fully saturated rings. The number of nitrogens with zero attached hydrogens (tertiary/aromatic N) is 1. The van der Waals surface area contributed by atoms with E-state index in [-0.39, 0.29) is 10.8 Å². The molecule has 0 aromatic heterocycles. The molecule has 0 bridgehead atoms. The number of hydrogen-bond donors (Lipinski definition) is 0. The summed E-state index contributed by atoms with van der Waals surface area (Å²) < 4.78 is 0. The van der Waals surface area contributed by atoms with E-state index in [0.717, 1.165) is 5.69 Å². The van der Waals surface area contributed by atoms with E-state index in [4.69, 9.17) is 0 Å². The van der Waals surface area contributed by atoms with Crippen molar-refractivity contribution in [3.05, 3.63) is 198 Å². The quantitative estimate of drug-likeness (QED) is 0.176. The SMILES string of the molecule is CC1(C)c2ccccc2-c2ccc(N(c3ccc4c(c3)C(C)(C)c3cccc5ccc(-c6cccc7ccccc67)c-4c35)c3cccc4ccccc34)cc21. The van der Waals surface area contributed by atoms with Crippen molar-refractivity contribution >= 4 is 49.4 Å². The molecular formula is C54H41N. The van der Waals surface area contributed by atoms with Crippen LogP contribution in [0.1, 0.15) is 49.9 Å². The van der Waals surface area contributed by atoms with Crippen molar-refractivity contribution in [2.45, 2.75) is 38.5 Å². The van der Waals surface area contributed by atoms with Crippen LogP contribution in [0.15, 0.2) is 176 Å². The number of anilines is 3. The highest BCUT2D eigenvalue weighted by Crippen LogP contribution is 2.55. The Bertz CT molecular complexity index is 3040. The van der Waals surface area contributed by atoms with Gasteiger partial charge in [0.2, 0.25) is 0 Å². The molecule has 0 radical (unpaired) electrons. The average molecular weight is 704 g/mol. The van der Waals surface area contributed by atoms with Gasteiger partial charge in [-0.2, -0.15) is 0 Å². The zero-order chi connectivity index (χ0) is 37.1. The smallest absolute Gasteiger partial charge is 0.0540 e. The van der Waals surface area contributed by atoms with E-state index in [9.17, 15) is 0 Å². The Morgan fingerprint density at radius 1 is 0.345 bits per heavy atom. The van der Waals surface area contributed by atoms with Crippen molar-refractivity contribution in [2.24, 2.45) is 0 Å². The lowest BCUT2D eigenvalue weighted by atomic mass is 9.67. The second-order valence-corrected chi connectivity index (χ2v) is 16.5. The summed E-state index contributed by atoms with van der Waals surface area (Å²) in [4.78, 5) is 2.50. The Morgan fingerprint density at radius 2 is 0.855 bits per heavy atom. The normalized spacial score (nSPS) is 14.5. The van der Waals surface area contributed by atoms with Crippen LogP contribution >= 0.6 is 0 Å². The minimum Gasteiger partial charge on any atom is -0.310 e. The van der Waals surface area contributed by atoms with Crippen LogP contribution in [0.5, 0.6) is 0 Å². The number of benzene rings is 9. The number of rotatable bonds is 4. The zero-order valence-corrected chi connectivity index (χ0v) is 31.7. The van der Waals surface area contributed by atoms with Gasteiger partial charge in [-0.05, 0) is 113 Å². The largest absolute Gasteiger partial charge is 0.310 e. The highest BCUT2D eigenvalue weighted by atomic mass is 15.1. The fourth-order valence-electron chi connectivity index (χ4n) is 10.1. The molecule has 9 aromatic carbocycles. The van der Waals surface area contributed by atoms with E-state index in [1.54, 1.807) is 0 Å². The lowest BCUT2D eigenvalue weighted by molar-refractivity contribution is 0.645. The predicted molar refractivity (Wildman–Crippen MR) is 234 cm³/mol. The fraction of sp³-hybridized carbons (Fsp3) is 0.111. The van der Waals surface area contributed by atoms with Crippen molar-refractivity contribution in [2.75, 3.05) is 4.90 Å². The van der Waals surface area contributed by atoms with Gasteiger partial charge in [0.05, 0.1) is 5.69 Å². The van der Waals surface area contributed by atoms with Crippen molar-refractivity contribution in [3.8, 4) is 33.4 Å². The second kappa shape index (κ2) is 11.5. The van der Waals surface area contributed by atoms with E-state index in [1.807, 2.05) is 0 Å². The van der Waals surface area contributed by atoms with E-state index in [2.05, 4.69) is 209 Å². The van der Waals surface area contributed by atoms with Crippen molar-refractivity contribution < 1.29 is 0 Å². The van der Waals surface area contributed by atoms with Gasteiger partial charge in [0.1, 0.15) is 0 Å². The molecule has 0 saturated carbocycles. The molecule has 0 N–H and O–H groups in total. The summed E-state index contributed by atoms with van der Waals surface area (Å²) in [5.74, 6) is 0. The first-order valence-corrected chi connectivity index (χ1v) is 19.5. The first-order valence-electron chi connectivity index (χ1n) is 19.5. The maximum absolute atomic E-state index is 2.50. The molecule has 0 atom stereocenters. The van der Waals surface area contributed by atoms with Gasteiger partial charge in [0.15, 0.2) is 0 Å². The van der Waals surface area contributed by atoms with Crippen LogP contribution in [0.2, 0.25) is 0 Å². The van der Waals surface area contributed by atoms with E-state index < -0.39 is 0 Å². The number of fused-ring (bicyclic) bond motifs is 7. The molecule has 0 amide bonds. The lowest BCUT2D eigenvalue weighted by Gasteiger charge is -2.37. The van der Waals surface area contributed by atoms with Gasteiger partial charge >= 0.3 is 0 Å². The van der Waals surface area contributed by atoms with Gasteiger partial charge in [0, 0.05) is 27.6 Å². The Morgan fingerprint density at radius 3 is 1.65 bits per heavy atom. The van der Waals surface area contributed by atoms with Crippen LogP contribution in [0, 0.1) is 0 Å². The molecule has 1 nitrogen and oxygen atoms in total. The highest BCUT2D eigenvalue weighted by molar-refractivity contribution is 6.12. The van der Waals surface area contributed by atoms with Crippen molar-refractivity contribution in [3.63, 3.8) is 0 Å². The summed E-state index contributed by atoms with van der Waals surface area (Å²) in [5, 5.41) is 7.67. The van der Waals surface area contributed by atoms with Gasteiger partial charge in [-0.3, -0.25) is 0 Å². The van der Waals surface area contributed by atoms with Gasteiger partial charge in [-0.15, -0.1) is 0 Å². The lowest BCUT2D eigenvalue weighted by Crippen LogP contribution is -2.24. The zero-order valence-electron chi connectivity index (χ0n) is 31.7. The fourth-order valence-corrected chi connectivity index (χ4v) is 10.1. The molecule has 9 aromatic rings. The maximum atomic E-state index is 2.50. The summed E-state index contributed by atoms with van der Waals surface area (Å²) in [6, 6.07) is 65.9. The molecule has 0 unspecified atom stereocenters. The Balaban J connectivity index is 1.18. The summed E-state index contributed by atoms with van der Waals surface area (Å²) in [5.41, 5.74) is 16.5. The van der Waals surface area contributed by atoms with Crippen molar-refractivity contribution in [1.82, 2.24) is 0 Å². The maximum Gasteiger partial charge on any atom is 0.0540 e. The summed E-state index contributed by atoms with van der Waals surface area (Å²) in [7, 11) is 0. The Kier molecular flexibility index (Phi) is 6.72. The third-order valence-corrected chi connectivity index (χ3v) is 12.8. The van der Waals surface area contributed by atoms with Gasteiger partial charge in [-0.25, -0.2) is 0 Å². The first kappa shape index (κ1) is 32.0. The summed E-state index contributed by atoms with van der Waals surface area (Å²) in [6.07, 6.45) is 0. The molecule has 0 heterocycles. The van der Waals surface area contributed by atoms with E-state index >= 15 is 0 Å². The third-order valence-electron chi connectivity index (χ3n) is 12.8. The van der Waals surface area contributed by atoms with Crippen LogP contribution < -0.4 is 4.90 Å². The number of hydrogen-bond acceptors (Lipinski definition) is 1. The van der Waals surface area contributed by atoms with Gasteiger partial charge in [0.25, 0.3) is 0 Å². The molecular weight excluding hydrogens is 663 g/mol. The van der Waals surface area contributed by atoms with E-state index in [0.29, 0.717) is 0 Å². The molecule has 0 saturated heterocycles. The molecule has 2 aliphatic rings. The third kappa shape index (κ3) is 4.53. The van der Waals surface area contributed by atoms with Crippen LogP contribution in [-0.2, 0) is 10.8 Å². The minimum atomic E-state index is -0.235. The second-order valence-electron chi connectivity index (χ2n) is 16.5. The summed E-state index contributed by atoms with van der Waals surface area (Å²) in [6.45, 7) is 9.57. The molecule has 11 rings (SSSR count). The first-order chi connectivity index (χ1) is 26.8. The standard InChI is InChI=1S/C54H41N/c1-53(2)46-23-10-9-21-42(46)43-30-27-37(32-48(43)53)55(50-25-13-17-35-15-6-8-20-40(35)50)38-28-31-45-49(33-38)54(3,4)47-24-12-18-36-26-29-44(52(45)51(36)47)41-22-11-16-34-14-5-7-19-39(34)41/h5-33H,1-4H3. The molecule has 0 spiro atoms. The topological polar surface area (TPSA) is 3.24 Å². The molecule has 1 heteroatoms. The minimum absolute atomic E-state index is 0.107. The summed E-state index contributed by atoms with van der Waals surface area (Å²) >= 11 is 0. The van der Waals surface area contributed by atoms with E-state index in [1.165, 1.54) is 99.3 Å². The Hall–Kier alpha value is -6.44. The van der Waals surface area contributed by atoms with Gasteiger partial charge in [-0.1, -0.05) is 173 Å². The Labute approximate surface area is 323 Å². The van der Waals surface area contributed by atoms with Crippen molar-refractivity contribution in [1.29, 1.82) is 0 Å². The molecule has 262 valence electrons. The monoisotopic (exact) mass is 703 g/mol. The van der Waals surface area contributed by atoms with Crippen LogP contribution in [-0.4, -0.2) is 0 Å². The van der Waals surface area contributed by atoms with Crippen LogP contribution in [0.3, 0.4) is 0 Å². The average Bonchev–Trinajstić information content (AvgIpc) is 3.45. The predicted octanol–water partition coefficient (Wildman–Crippen LogP) is 14.9. The molecule has 0 aliphatic heterocycles. The highest BCUT2D eigenvalue weighted by Gasteiger charge is 2.38. The van der Waals surface area contributed by atoms with Crippen LogP contribution in [0.25, 0.3) is 65.7 Å². The molecule has 55 heavy (non-hydrogen) atoms. The molecule has 2 aliphatic carbocycles. The van der Waals surface area contributed by atoms with Gasteiger partial charge < -0.3 is 4.90 Å².